The van der Waals surface area contributed by atoms with E-state index in [2.05, 4.69) is 13.8 Å². The number of rotatable bonds is 5. The van der Waals surface area contributed by atoms with Gasteiger partial charge in [0.1, 0.15) is 6.04 Å². The molecule has 5 N–H and O–H groups in total. The lowest BCUT2D eigenvalue weighted by Gasteiger charge is -2.03. The van der Waals surface area contributed by atoms with Gasteiger partial charge in [0, 0.05) is 0 Å². The van der Waals surface area contributed by atoms with Gasteiger partial charge in [-0.2, -0.15) is 0 Å². The molecule has 0 saturated heterocycles. The third-order valence-electron chi connectivity index (χ3n) is 1.29. The third kappa shape index (κ3) is 14.3. The molecule has 0 bridgehead atoms. The average molecular weight is 190 g/mol. The molecule has 0 heterocycles. The molecule has 1 atom stereocenters. The zero-order valence-electron chi connectivity index (χ0n) is 8.62. The highest BCUT2D eigenvalue weighted by atomic mass is 16.4. The number of carbonyl (C=O) groups is 1. The van der Waals surface area contributed by atoms with Gasteiger partial charge in [0.05, 0.1) is 0 Å². The van der Waals surface area contributed by atoms with Crippen molar-refractivity contribution < 1.29 is 9.90 Å². The molecule has 0 amide bonds. The maximum Gasteiger partial charge on any atom is 0.320 e. The van der Waals surface area contributed by atoms with Crippen molar-refractivity contribution in [1.29, 1.82) is 0 Å². The molecule has 0 aromatic heterocycles. The summed E-state index contributed by atoms with van der Waals surface area (Å²) in [6.45, 7) is 4.85. The standard InChI is InChI=1S/C6H14N2O2.C3H8/c7-4-2-1-3-5(8)6(9)10;1-3-2/h5H,1-4,7-8H2,(H,9,10);3H2,1-2H3/t5-;/m0./s1. The molecular formula is C9H22N2O2. The maximum atomic E-state index is 10.1. The second-order valence-corrected chi connectivity index (χ2v) is 2.94. The van der Waals surface area contributed by atoms with E-state index in [0.29, 0.717) is 13.0 Å². The Morgan fingerprint density at radius 3 is 2.15 bits per heavy atom. The van der Waals surface area contributed by atoms with E-state index in [9.17, 15) is 4.79 Å². The lowest BCUT2D eigenvalue weighted by molar-refractivity contribution is -0.138. The van der Waals surface area contributed by atoms with Crippen molar-refractivity contribution in [2.45, 2.75) is 45.6 Å². The fraction of sp³-hybridized carbons (Fsp3) is 0.889. The van der Waals surface area contributed by atoms with E-state index >= 15 is 0 Å². The Kier molecular flexibility index (Phi) is 13.0. The first-order chi connectivity index (χ1) is 6.09. The van der Waals surface area contributed by atoms with Gasteiger partial charge in [-0.15, -0.1) is 0 Å². The highest BCUT2D eigenvalue weighted by molar-refractivity contribution is 5.72. The summed E-state index contributed by atoms with van der Waals surface area (Å²) in [5.74, 6) is -0.933. The minimum absolute atomic E-state index is 0.520. The lowest BCUT2D eigenvalue weighted by atomic mass is 10.1. The van der Waals surface area contributed by atoms with Crippen molar-refractivity contribution in [2.75, 3.05) is 6.54 Å². The quantitative estimate of drug-likeness (QED) is 0.563. The first-order valence-electron chi connectivity index (χ1n) is 4.78. The highest BCUT2D eigenvalue weighted by Crippen LogP contribution is 1.96. The molecular weight excluding hydrogens is 168 g/mol. The smallest absolute Gasteiger partial charge is 0.320 e. The molecule has 0 radical (unpaired) electrons. The highest BCUT2D eigenvalue weighted by Gasteiger charge is 2.09. The Balaban J connectivity index is 0. The van der Waals surface area contributed by atoms with Crippen LogP contribution in [0.25, 0.3) is 0 Å². The second kappa shape index (κ2) is 11.4. The largest absolute Gasteiger partial charge is 0.480 e. The molecule has 4 heteroatoms. The molecule has 0 fully saturated rings. The molecule has 0 aliphatic heterocycles. The van der Waals surface area contributed by atoms with E-state index in [4.69, 9.17) is 16.6 Å². The minimum atomic E-state index is -0.933. The van der Waals surface area contributed by atoms with Gasteiger partial charge in [-0.1, -0.05) is 26.7 Å². The number of hydrogen-bond acceptors (Lipinski definition) is 3. The molecule has 0 rings (SSSR count). The molecule has 0 spiro atoms. The number of aliphatic carboxylic acids is 1. The van der Waals surface area contributed by atoms with E-state index in [1.807, 2.05) is 0 Å². The van der Waals surface area contributed by atoms with Crippen molar-refractivity contribution in [1.82, 2.24) is 0 Å². The lowest BCUT2D eigenvalue weighted by Crippen LogP contribution is -2.29. The van der Waals surface area contributed by atoms with Crippen LogP contribution >= 0.6 is 0 Å². The summed E-state index contributed by atoms with van der Waals surface area (Å²) in [6.07, 6.45) is 3.41. The summed E-state index contributed by atoms with van der Waals surface area (Å²) in [6, 6.07) is -0.716. The number of unbranched alkanes of at least 4 members (excludes halogenated alkanes) is 1. The Hall–Kier alpha value is -0.610. The van der Waals surface area contributed by atoms with Gasteiger partial charge in [0.2, 0.25) is 0 Å². The third-order valence-corrected chi connectivity index (χ3v) is 1.29. The predicted molar refractivity (Wildman–Crippen MR) is 54.5 cm³/mol. The Morgan fingerprint density at radius 1 is 1.38 bits per heavy atom. The molecule has 0 aromatic carbocycles. The first kappa shape index (κ1) is 14.9. The van der Waals surface area contributed by atoms with Gasteiger partial charge in [0.15, 0.2) is 0 Å². The van der Waals surface area contributed by atoms with Crippen LogP contribution in [0.5, 0.6) is 0 Å². The van der Waals surface area contributed by atoms with Crippen molar-refractivity contribution in [2.24, 2.45) is 11.5 Å². The predicted octanol–water partition coefficient (Wildman–Crippen LogP) is 0.944. The molecule has 80 valence electrons. The maximum absolute atomic E-state index is 10.1. The normalized spacial score (nSPS) is 11.4. The summed E-state index contributed by atoms with van der Waals surface area (Å²) in [5.41, 5.74) is 10.4. The van der Waals surface area contributed by atoms with E-state index in [1.165, 1.54) is 6.42 Å². The molecule has 0 aromatic rings. The van der Waals surface area contributed by atoms with E-state index in [0.717, 1.165) is 12.8 Å². The monoisotopic (exact) mass is 190 g/mol. The number of carboxylic acids is 1. The number of carboxylic acid groups (broad SMARTS) is 1. The van der Waals surface area contributed by atoms with Crippen molar-refractivity contribution in [3.05, 3.63) is 0 Å². The molecule has 0 saturated carbocycles. The van der Waals surface area contributed by atoms with E-state index in [1.54, 1.807) is 0 Å². The summed E-state index contributed by atoms with van der Waals surface area (Å²) >= 11 is 0. The number of nitrogens with two attached hydrogens (primary N) is 2. The Morgan fingerprint density at radius 2 is 1.85 bits per heavy atom. The summed E-state index contributed by atoms with van der Waals surface area (Å²) in [5, 5.41) is 8.33. The minimum Gasteiger partial charge on any atom is -0.480 e. The topological polar surface area (TPSA) is 89.3 Å². The molecule has 0 aliphatic carbocycles. The fourth-order valence-corrected chi connectivity index (χ4v) is 0.632. The van der Waals surface area contributed by atoms with Crippen LogP contribution in [0.15, 0.2) is 0 Å². The van der Waals surface area contributed by atoms with Crippen LogP contribution in [-0.2, 0) is 4.79 Å². The first-order valence-corrected chi connectivity index (χ1v) is 4.78. The van der Waals surface area contributed by atoms with Crippen LogP contribution in [0, 0.1) is 0 Å². The summed E-state index contributed by atoms with van der Waals surface area (Å²) < 4.78 is 0. The van der Waals surface area contributed by atoms with Crippen LogP contribution in [0.1, 0.15) is 39.5 Å². The average Bonchev–Trinajstić information content (AvgIpc) is 2.06. The SMILES string of the molecule is CCC.NCCCC[C@H](N)C(=O)O. The van der Waals surface area contributed by atoms with Gasteiger partial charge >= 0.3 is 5.97 Å². The van der Waals surface area contributed by atoms with Crippen molar-refractivity contribution in [3.8, 4) is 0 Å². The van der Waals surface area contributed by atoms with Gasteiger partial charge in [-0.25, -0.2) is 0 Å². The van der Waals surface area contributed by atoms with E-state index in [-0.39, 0.29) is 0 Å². The molecule has 0 aliphatic rings. The Labute approximate surface area is 80.3 Å². The van der Waals surface area contributed by atoms with Crippen LogP contribution in [0.3, 0.4) is 0 Å². The van der Waals surface area contributed by atoms with Gasteiger partial charge in [0.25, 0.3) is 0 Å². The van der Waals surface area contributed by atoms with Crippen molar-refractivity contribution in [3.63, 3.8) is 0 Å². The second-order valence-electron chi connectivity index (χ2n) is 2.94. The summed E-state index contributed by atoms with van der Waals surface area (Å²) in [4.78, 5) is 10.1. The summed E-state index contributed by atoms with van der Waals surface area (Å²) in [7, 11) is 0. The van der Waals surface area contributed by atoms with Crippen molar-refractivity contribution >= 4 is 5.97 Å². The van der Waals surface area contributed by atoms with E-state index < -0.39 is 12.0 Å². The Bertz CT molecular complexity index is 118. The zero-order valence-corrected chi connectivity index (χ0v) is 8.62. The molecule has 0 unspecified atom stereocenters. The molecule has 4 nitrogen and oxygen atoms in total. The fourth-order valence-electron chi connectivity index (χ4n) is 0.632. The van der Waals surface area contributed by atoms with Crippen LogP contribution < -0.4 is 11.5 Å². The van der Waals surface area contributed by atoms with Gasteiger partial charge in [-0.3, -0.25) is 4.79 Å². The van der Waals surface area contributed by atoms with Crippen LogP contribution in [0.2, 0.25) is 0 Å². The van der Waals surface area contributed by atoms with Gasteiger partial charge in [-0.05, 0) is 19.4 Å². The van der Waals surface area contributed by atoms with Crippen LogP contribution in [0.4, 0.5) is 0 Å². The molecule has 13 heavy (non-hydrogen) atoms. The van der Waals surface area contributed by atoms with Gasteiger partial charge < -0.3 is 16.6 Å². The number of hydrogen-bond donors (Lipinski definition) is 3. The zero-order chi connectivity index (χ0) is 10.7. The van der Waals surface area contributed by atoms with Crippen LogP contribution in [-0.4, -0.2) is 23.7 Å².